The Morgan fingerprint density at radius 3 is 2.42 bits per heavy atom. The zero-order chi connectivity index (χ0) is 14.8. The van der Waals surface area contributed by atoms with E-state index in [0.717, 1.165) is 21.6 Å². The normalized spacial score (nSPS) is 12.5. The van der Waals surface area contributed by atoms with E-state index in [0.29, 0.717) is 16.6 Å². The molecule has 4 nitrogen and oxygen atoms in total. The van der Waals surface area contributed by atoms with E-state index in [2.05, 4.69) is 10.3 Å². The number of fused-ring (bicyclic) bond motifs is 1. The molecule has 118 valence electrons. The number of hydrogen-bond acceptors (Lipinski definition) is 3. The molecule has 8 heteroatoms. The summed E-state index contributed by atoms with van der Waals surface area (Å²) in [5.74, 6) is 0.625. The minimum atomic E-state index is 0. The average Bonchev–Trinajstić information content (AvgIpc) is 2.63. The second-order valence-corrected chi connectivity index (χ2v) is 5.16. The first-order valence-corrected chi connectivity index (χ1v) is 6.99. The van der Waals surface area contributed by atoms with Crippen LogP contribution in [0.15, 0.2) is 53.5 Å². The van der Waals surface area contributed by atoms with Gasteiger partial charge in [0, 0.05) is 17.6 Å². The van der Waals surface area contributed by atoms with Crippen molar-refractivity contribution in [2.75, 3.05) is 13.6 Å². The number of nitrogens with one attached hydrogen (secondary N) is 1. The van der Waals surface area contributed by atoms with E-state index in [-0.39, 0.29) is 122 Å². The van der Waals surface area contributed by atoms with Gasteiger partial charge in [0.25, 0.3) is 0 Å². The van der Waals surface area contributed by atoms with Gasteiger partial charge in [-0.2, -0.15) is 4.74 Å². The van der Waals surface area contributed by atoms with Crippen molar-refractivity contribution < 1.29 is 4.74 Å². The molecule has 0 spiro atoms. The van der Waals surface area contributed by atoms with E-state index >= 15 is 0 Å². The van der Waals surface area contributed by atoms with Crippen molar-refractivity contribution in [2.24, 2.45) is 4.99 Å². The standard InChI is InChI=1S/C16H14ClN3O.ClH.2K.2H/c1-18-15-10-20(21)16(11-5-3-2-4-6-11)13-9-12(17)7-8-14(13)19-15;;;;;/h2-9H,10H2,1H3,(H,18,19);1H;;;;. The third-order valence-corrected chi connectivity index (χ3v) is 3.58. The summed E-state index contributed by atoms with van der Waals surface area (Å²) < 4.78 is 0.951. The van der Waals surface area contributed by atoms with Crippen molar-refractivity contribution in [2.45, 2.75) is 0 Å². The van der Waals surface area contributed by atoms with Crippen LogP contribution < -0.4 is 5.32 Å². The molecule has 0 saturated heterocycles. The van der Waals surface area contributed by atoms with E-state index in [9.17, 15) is 5.21 Å². The second kappa shape index (κ2) is 11.8. The molecule has 1 aliphatic rings. The summed E-state index contributed by atoms with van der Waals surface area (Å²) in [5, 5.41) is 16.1. The molecule has 0 fully saturated rings. The van der Waals surface area contributed by atoms with Crippen LogP contribution in [0.2, 0.25) is 5.02 Å². The Balaban J connectivity index is 0.00000176. The van der Waals surface area contributed by atoms with Crippen molar-refractivity contribution in [3.63, 3.8) is 0 Å². The van der Waals surface area contributed by atoms with Gasteiger partial charge >= 0.3 is 103 Å². The van der Waals surface area contributed by atoms with Crippen molar-refractivity contribution in [1.29, 1.82) is 0 Å². The van der Waals surface area contributed by atoms with E-state index in [1.807, 2.05) is 36.4 Å². The predicted octanol–water partition coefficient (Wildman–Crippen LogP) is 2.08. The van der Waals surface area contributed by atoms with Gasteiger partial charge in [-0.3, -0.25) is 0 Å². The van der Waals surface area contributed by atoms with Gasteiger partial charge in [0.2, 0.25) is 12.3 Å². The monoisotopic (exact) mass is 415 g/mol. The Labute approximate surface area is 238 Å². The van der Waals surface area contributed by atoms with E-state index < -0.39 is 0 Å². The van der Waals surface area contributed by atoms with E-state index in [1.165, 1.54) is 0 Å². The van der Waals surface area contributed by atoms with Gasteiger partial charge in [-0.05, 0) is 30.3 Å². The van der Waals surface area contributed by atoms with Gasteiger partial charge in [0.1, 0.15) is 0 Å². The summed E-state index contributed by atoms with van der Waals surface area (Å²) in [6.07, 6.45) is 0. The van der Waals surface area contributed by atoms with Crippen LogP contribution in [0.4, 0.5) is 5.69 Å². The summed E-state index contributed by atoms with van der Waals surface area (Å²) in [4.78, 5) is 4.51. The summed E-state index contributed by atoms with van der Waals surface area (Å²) in [7, 11) is 1.76. The average molecular weight is 416 g/mol. The first-order valence-electron chi connectivity index (χ1n) is 6.61. The fourth-order valence-corrected chi connectivity index (χ4v) is 2.53. The van der Waals surface area contributed by atoms with Crippen LogP contribution >= 0.6 is 24.0 Å². The quantitative estimate of drug-likeness (QED) is 0.440. The molecule has 2 aromatic rings. The maximum absolute atomic E-state index is 12.6. The predicted molar refractivity (Wildman–Crippen MR) is 107 cm³/mol. The molecular weight excluding hydrogens is 399 g/mol. The zero-order valence-corrected chi connectivity index (χ0v) is 13.5. The van der Waals surface area contributed by atoms with Crippen LogP contribution in [0.1, 0.15) is 11.1 Å². The Kier molecular flexibility index (Phi) is 12.5. The molecule has 3 rings (SSSR count). The van der Waals surface area contributed by atoms with Crippen molar-refractivity contribution in [3.05, 3.63) is 69.9 Å². The fraction of sp³-hybridized carbons (Fsp3) is 0.125. The number of rotatable bonds is 1. The van der Waals surface area contributed by atoms with Crippen molar-refractivity contribution >= 4 is 144 Å². The van der Waals surface area contributed by atoms with Crippen LogP contribution in [0.25, 0.3) is 0 Å². The molecule has 0 bridgehead atoms. The number of aliphatic imine (C=N–C) groups is 1. The van der Waals surface area contributed by atoms with Gasteiger partial charge in [-0.15, -0.1) is 12.4 Å². The van der Waals surface area contributed by atoms with Crippen molar-refractivity contribution in [1.82, 2.24) is 5.32 Å². The number of hydroxylamine groups is 1. The van der Waals surface area contributed by atoms with Gasteiger partial charge in [0.15, 0.2) is 5.84 Å². The third-order valence-electron chi connectivity index (χ3n) is 3.35. The Hall–Kier alpha value is 1.23. The van der Waals surface area contributed by atoms with Crippen LogP contribution in [-0.2, 0) is 0 Å². The van der Waals surface area contributed by atoms with Crippen LogP contribution in [0.5, 0.6) is 0 Å². The number of likely N-dealkylation sites (N-methyl/N-ethyl adjacent to an activating group) is 1. The second-order valence-electron chi connectivity index (χ2n) is 4.72. The Morgan fingerprint density at radius 2 is 1.79 bits per heavy atom. The van der Waals surface area contributed by atoms with E-state index in [4.69, 9.17) is 11.6 Å². The molecule has 0 unspecified atom stereocenters. The summed E-state index contributed by atoms with van der Waals surface area (Å²) in [6.45, 7) is 0.174. The van der Waals surface area contributed by atoms with Crippen LogP contribution in [0.3, 0.4) is 0 Å². The summed E-state index contributed by atoms with van der Waals surface area (Å²) in [5.41, 5.74) is 2.92. The molecular formula is C16H17Cl2K2N3O. The number of hydrogen-bond donors (Lipinski definition) is 1. The number of nitrogens with zero attached hydrogens (tertiary/aromatic N) is 2. The first kappa shape index (κ1) is 25.2. The maximum atomic E-state index is 12.6. The molecule has 1 aliphatic heterocycles. The minimum absolute atomic E-state index is 0. The molecule has 0 aromatic heterocycles. The molecule has 2 aromatic carbocycles. The number of benzene rings is 2. The SMILES string of the molecule is CNC1=Nc2ccc(Cl)cc2C(c2ccccc2)=[N+]([O-])C1.Cl.[KH].[KH]. The molecule has 24 heavy (non-hydrogen) atoms. The Morgan fingerprint density at radius 1 is 1.12 bits per heavy atom. The number of amidine groups is 1. The van der Waals surface area contributed by atoms with Gasteiger partial charge in [-0.25, -0.2) is 4.99 Å². The summed E-state index contributed by atoms with van der Waals surface area (Å²) in [6, 6.07) is 15.0. The molecule has 0 saturated carbocycles. The third kappa shape index (κ3) is 5.87. The van der Waals surface area contributed by atoms with Gasteiger partial charge in [-0.1, -0.05) is 29.8 Å². The molecule has 0 atom stereocenters. The Bertz CT molecular complexity index is 752. The molecule has 1 N–H and O–H groups in total. The number of halogens is 2. The zero-order valence-electron chi connectivity index (χ0n) is 11.9. The van der Waals surface area contributed by atoms with Crippen LogP contribution in [-0.4, -0.2) is 133 Å². The van der Waals surface area contributed by atoms with Gasteiger partial charge in [0.05, 0.1) is 11.3 Å². The topological polar surface area (TPSA) is 50.5 Å². The van der Waals surface area contributed by atoms with E-state index in [1.54, 1.807) is 19.2 Å². The molecule has 0 radical (unpaired) electrons. The van der Waals surface area contributed by atoms with Gasteiger partial charge < -0.3 is 10.5 Å². The fourth-order valence-electron chi connectivity index (χ4n) is 2.36. The molecule has 1 heterocycles. The van der Waals surface area contributed by atoms with Crippen LogP contribution in [0, 0.1) is 5.21 Å². The first-order chi connectivity index (χ1) is 10.2. The summed E-state index contributed by atoms with van der Waals surface area (Å²) >= 11 is 6.10. The molecule has 0 amide bonds. The van der Waals surface area contributed by atoms with Crippen molar-refractivity contribution in [3.8, 4) is 0 Å². The molecule has 0 aliphatic carbocycles.